The lowest BCUT2D eigenvalue weighted by Gasteiger charge is -2.33. The van der Waals surface area contributed by atoms with Gasteiger partial charge in [0, 0.05) is 6.42 Å². The van der Waals surface area contributed by atoms with Crippen molar-refractivity contribution in [1.82, 2.24) is 0 Å². The fourth-order valence-corrected chi connectivity index (χ4v) is 3.45. The molecule has 1 fully saturated rings. The zero-order valence-electron chi connectivity index (χ0n) is 11.3. The molecule has 0 amide bonds. The van der Waals surface area contributed by atoms with Gasteiger partial charge in [-0.3, -0.25) is 0 Å². The largest absolute Gasteiger partial charge is 0.303 e. The third-order valence-electron chi connectivity index (χ3n) is 4.61. The van der Waals surface area contributed by atoms with Gasteiger partial charge in [-0.1, -0.05) is 69.4 Å². The minimum absolute atomic E-state index is 0.409. The van der Waals surface area contributed by atoms with Crippen LogP contribution in [-0.2, 0) is 4.79 Å². The number of carbonyl (C=O) groups excluding carboxylic acids is 1. The van der Waals surface area contributed by atoms with Crippen molar-refractivity contribution in [3.8, 4) is 0 Å². The molecule has 0 radical (unpaired) electrons. The van der Waals surface area contributed by atoms with Crippen molar-refractivity contribution in [3.63, 3.8) is 0 Å². The van der Waals surface area contributed by atoms with Crippen LogP contribution in [0.4, 0.5) is 0 Å². The highest BCUT2D eigenvalue weighted by atomic mass is 16.1. The molecule has 98 valence electrons. The quantitative estimate of drug-likeness (QED) is 0.693. The van der Waals surface area contributed by atoms with Crippen LogP contribution in [0.2, 0.25) is 0 Å². The van der Waals surface area contributed by atoms with E-state index in [1.165, 1.54) is 37.7 Å². The minimum Gasteiger partial charge on any atom is -0.303 e. The summed E-state index contributed by atoms with van der Waals surface area (Å²) in [5, 5.41) is 0. The molecule has 0 N–H and O–H groups in total. The van der Waals surface area contributed by atoms with Crippen molar-refractivity contribution in [3.05, 3.63) is 35.9 Å². The molecule has 1 aliphatic rings. The molecule has 2 unspecified atom stereocenters. The molecule has 0 bridgehead atoms. The van der Waals surface area contributed by atoms with Gasteiger partial charge in [0.1, 0.15) is 6.29 Å². The summed E-state index contributed by atoms with van der Waals surface area (Å²) in [7, 11) is 0. The maximum absolute atomic E-state index is 11.0. The van der Waals surface area contributed by atoms with Crippen LogP contribution in [-0.4, -0.2) is 6.29 Å². The lowest BCUT2D eigenvalue weighted by molar-refractivity contribution is -0.108. The summed E-state index contributed by atoms with van der Waals surface area (Å²) in [5.74, 6) is 1.84. The van der Waals surface area contributed by atoms with Gasteiger partial charge in [0.15, 0.2) is 0 Å². The van der Waals surface area contributed by atoms with E-state index in [9.17, 15) is 4.79 Å². The SMILES string of the molecule is CC(C1CCCCC1)C(CC=O)c1ccccc1. The predicted molar refractivity (Wildman–Crippen MR) is 75.6 cm³/mol. The maximum Gasteiger partial charge on any atom is 0.120 e. The average Bonchev–Trinajstić information content (AvgIpc) is 2.46. The van der Waals surface area contributed by atoms with Crippen LogP contribution < -0.4 is 0 Å². The molecule has 0 aromatic heterocycles. The van der Waals surface area contributed by atoms with Crippen LogP contribution >= 0.6 is 0 Å². The summed E-state index contributed by atoms with van der Waals surface area (Å²) < 4.78 is 0. The third kappa shape index (κ3) is 3.22. The Balaban J connectivity index is 2.11. The van der Waals surface area contributed by atoms with E-state index >= 15 is 0 Å². The average molecular weight is 244 g/mol. The Bertz CT molecular complexity index is 351. The molecule has 0 aliphatic heterocycles. The third-order valence-corrected chi connectivity index (χ3v) is 4.61. The molecule has 1 saturated carbocycles. The van der Waals surface area contributed by atoms with Gasteiger partial charge in [0.2, 0.25) is 0 Å². The summed E-state index contributed by atoms with van der Waals surface area (Å²) in [4.78, 5) is 11.0. The number of benzene rings is 1. The molecular weight excluding hydrogens is 220 g/mol. The topological polar surface area (TPSA) is 17.1 Å². The van der Waals surface area contributed by atoms with Gasteiger partial charge >= 0.3 is 0 Å². The molecule has 0 saturated heterocycles. The fourth-order valence-electron chi connectivity index (χ4n) is 3.45. The Morgan fingerprint density at radius 3 is 2.44 bits per heavy atom. The molecule has 1 nitrogen and oxygen atoms in total. The van der Waals surface area contributed by atoms with Crippen molar-refractivity contribution in [2.75, 3.05) is 0 Å². The van der Waals surface area contributed by atoms with Gasteiger partial charge in [-0.2, -0.15) is 0 Å². The van der Waals surface area contributed by atoms with E-state index < -0.39 is 0 Å². The van der Waals surface area contributed by atoms with E-state index in [1.54, 1.807) is 0 Å². The first-order chi connectivity index (χ1) is 8.83. The Morgan fingerprint density at radius 1 is 1.17 bits per heavy atom. The number of hydrogen-bond donors (Lipinski definition) is 0. The molecule has 1 aliphatic carbocycles. The highest BCUT2D eigenvalue weighted by molar-refractivity contribution is 5.51. The highest BCUT2D eigenvalue weighted by Gasteiger charge is 2.27. The summed E-state index contributed by atoms with van der Waals surface area (Å²) >= 11 is 0. The Labute approximate surface area is 111 Å². The Hall–Kier alpha value is -1.11. The standard InChI is InChI=1S/C17H24O/c1-14(15-8-4-2-5-9-15)17(12-13-18)16-10-6-3-7-11-16/h3,6-7,10-11,13-15,17H,2,4-5,8-9,12H2,1H3. The van der Waals surface area contributed by atoms with Gasteiger partial charge in [-0.15, -0.1) is 0 Å². The van der Waals surface area contributed by atoms with E-state index in [-0.39, 0.29) is 0 Å². The van der Waals surface area contributed by atoms with Crippen LogP contribution in [0.15, 0.2) is 30.3 Å². The number of rotatable bonds is 5. The van der Waals surface area contributed by atoms with Crippen LogP contribution in [0, 0.1) is 11.8 Å². The maximum atomic E-state index is 11.0. The van der Waals surface area contributed by atoms with Crippen molar-refractivity contribution >= 4 is 6.29 Å². The molecule has 18 heavy (non-hydrogen) atoms. The molecule has 1 aromatic carbocycles. The Kier molecular flexibility index (Phi) is 4.98. The van der Waals surface area contributed by atoms with Crippen molar-refractivity contribution in [2.45, 2.75) is 51.4 Å². The van der Waals surface area contributed by atoms with Crippen LogP contribution in [0.3, 0.4) is 0 Å². The molecule has 1 heteroatoms. The molecule has 2 rings (SSSR count). The molecule has 2 atom stereocenters. The fraction of sp³-hybridized carbons (Fsp3) is 0.588. The number of hydrogen-bond acceptors (Lipinski definition) is 1. The first kappa shape index (κ1) is 13.3. The van der Waals surface area contributed by atoms with Crippen LogP contribution in [0.1, 0.15) is 56.9 Å². The summed E-state index contributed by atoms with van der Waals surface area (Å²) in [5.41, 5.74) is 1.34. The highest BCUT2D eigenvalue weighted by Crippen LogP contribution is 2.39. The molecule has 0 spiro atoms. The normalized spacial score (nSPS) is 20.3. The van der Waals surface area contributed by atoms with Gasteiger partial charge < -0.3 is 4.79 Å². The van der Waals surface area contributed by atoms with E-state index in [0.29, 0.717) is 18.3 Å². The van der Waals surface area contributed by atoms with E-state index in [4.69, 9.17) is 0 Å². The lowest BCUT2D eigenvalue weighted by atomic mass is 9.72. The smallest absolute Gasteiger partial charge is 0.120 e. The lowest BCUT2D eigenvalue weighted by Crippen LogP contribution is -2.22. The summed E-state index contributed by atoms with van der Waals surface area (Å²) in [6, 6.07) is 10.6. The monoisotopic (exact) mass is 244 g/mol. The number of carbonyl (C=O) groups is 1. The molecule has 1 aromatic rings. The first-order valence-corrected chi connectivity index (χ1v) is 7.31. The summed E-state index contributed by atoms with van der Waals surface area (Å²) in [6.45, 7) is 2.34. The van der Waals surface area contributed by atoms with Crippen LogP contribution in [0.5, 0.6) is 0 Å². The van der Waals surface area contributed by atoms with Gasteiger partial charge in [0.25, 0.3) is 0 Å². The van der Waals surface area contributed by atoms with Gasteiger partial charge in [-0.05, 0) is 23.3 Å². The van der Waals surface area contributed by atoms with Crippen molar-refractivity contribution in [2.24, 2.45) is 11.8 Å². The van der Waals surface area contributed by atoms with Crippen LogP contribution in [0.25, 0.3) is 0 Å². The van der Waals surface area contributed by atoms with Crippen molar-refractivity contribution in [1.29, 1.82) is 0 Å². The second-order valence-corrected chi connectivity index (χ2v) is 5.68. The van der Waals surface area contributed by atoms with Crippen molar-refractivity contribution < 1.29 is 4.79 Å². The van der Waals surface area contributed by atoms with E-state index in [1.807, 2.05) is 6.07 Å². The van der Waals surface area contributed by atoms with E-state index in [0.717, 1.165) is 12.2 Å². The number of aldehydes is 1. The summed E-state index contributed by atoms with van der Waals surface area (Å²) in [6.07, 6.45) is 8.60. The zero-order valence-corrected chi connectivity index (χ0v) is 11.3. The zero-order chi connectivity index (χ0) is 12.8. The Morgan fingerprint density at radius 2 is 1.83 bits per heavy atom. The second kappa shape index (κ2) is 6.72. The second-order valence-electron chi connectivity index (χ2n) is 5.68. The molecular formula is C17H24O. The van der Waals surface area contributed by atoms with Gasteiger partial charge in [0.05, 0.1) is 0 Å². The van der Waals surface area contributed by atoms with E-state index in [2.05, 4.69) is 31.2 Å². The predicted octanol–water partition coefficient (Wildman–Crippen LogP) is 4.58. The molecule has 0 heterocycles. The first-order valence-electron chi connectivity index (χ1n) is 7.31. The van der Waals surface area contributed by atoms with Gasteiger partial charge in [-0.25, -0.2) is 0 Å². The minimum atomic E-state index is 0.409.